The lowest BCUT2D eigenvalue weighted by atomic mass is 9.53. The van der Waals surface area contributed by atoms with Gasteiger partial charge in [-0.3, -0.25) is 9.69 Å². The Morgan fingerprint density at radius 2 is 1.70 bits per heavy atom. The molecule has 4 nitrogen and oxygen atoms in total. The average molecular weight is 462 g/mol. The number of hydrogen-bond donors (Lipinski definition) is 2. The van der Waals surface area contributed by atoms with Crippen LogP contribution < -0.4 is 0 Å². The molecule has 2 N–H and O–H groups in total. The van der Waals surface area contributed by atoms with Crippen LogP contribution in [0.5, 0.6) is 0 Å². The van der Waals surface area contributed by atoms with Gasteiger partial charge in [0.15, 0.2) is 0 Å². The molecule has 170 valence electrons. The number of benzene rings is 3. The van der Waals surface area contributed by atoms with Crippen molar-refractivity contribution in [3.05, 3.63) is 107 Å². The molecule has 0 amide bonds. The van der Waals surface area contributed by atoms with E-state index in [-0.39, 0.29) is 5.92 Å². The topological polar surface area (TPSA) is 60.8 Å². The van der Waals surface area contributed by atoms with Gasteiger partial charge in [0.05, 0.1) is 11.0 Å². The molecule has 1 aliphatic carbocycles. The standard InChI is InChI=1S/C28H28ClNO3/c29-23-13-7-12-22(16-23)28(33)15-14-24(21-10-5-2-6-11-21)27(26(31)32)19-30(18-25(27)28)17-20-8-3-1-4-9-20/h1-13,16,24-25,33H,14-15,17-19H2,(H,31,32). The van der Waals surface area contributed by atoms with Crippen LogP contribution in [0, 0.1) is 11.3 Å². The van der Waals surface area contributed by atoms with Crippen molar-refractivity contribution in [3.63, 3.8) is 0 Å². The largest absolute Gasteiger partial charge is 0.481 e. The smallest absolute Gasteiger partial charge is 0.312 e. The molecule has 0 spiro atoms. The summed E-state index contributed by atoms with van der Waals surface area (Å²) in [5.41, 5.74) is 0.503. The van der Waals surface area contributed by atoms with Crippen LogP contribution in [0.25, 0.3) is 0 Å². The Morgan fingerprint density at radius 3 is 2.36 bits per heavy atom. The van der Waals surface area contributed by atoms with Crippen LogP contribution in [0.15, 0.2) is 84.9 Å². The van der Waals surface area contributed by atoms with E-state index in [0.29, 0.717) is 43.1 Å². The summed E-state index contributed by atoms with van der Waals surface area (Å²) in [5.74, 6) is -1.48. The monoisotopic (exact) mass is 461 g/mol. The predicted molar refractivity (Wildman–Crippen MR) is 129 cm³/mol. The Morgan fingerprint density at radius 1 is 1.00 bits per heavy atom. The number of carbonyl (C=O) groups is 1. The molecule has 2 fully saturated rings. The highest BCUT2D eigenvalue weighted by Gasteiger charge is 2.66. The van der Waals surface area contributed by atoms with Gasteiger partial charge in [-0.15, -0.1) is 0 Å². The van der Waals surface area contributed by atoms with Crippen molar-refractivity contribution in [1.29, 1.82) is 0 Å². The van der Waals surface area contributed by atoms with Gasteiger partial charge in [0.25, 0.3) is 0 Å². The number of aliphatic carboxylic acids is 1. The number of carboxylic acids is 1. The minimum atomic E-state index is -1.26. The maximum Gasteiger partial charge on any atom is 0.312 e. The molecule has 3 aromatic rings. The van der Waals surface area contributed by atoms with Crippen LogP contribution in [-0.2, 0) is 16.9 Å². The second-order valence-electron chi connectivity index (χ2n) is 9.49. The lowest BCUT2D eigenvalue weighted by molar-refractivity contribution is -0.169. The molecule has 1 heterocycles. The maximum absolute atomic E-state index is 13.2. The molecule has 0 radical (unpaired) electrons. The number of carboxylic acid groups (broad SMARTS) is 1. The molecular formula is C28H28ClNO3. The van der Waals surface area contributed by atoms with Gasteiger partial charge in [0.2, 0.25) is 0 Å². The van der Waals surface area contributed by atoms with E-state index in [1.54, 1.807) is 12.1 Å². The maximum atomic E-state index is 13.2. The van der Waals surface area contributed by atoms with E-state index >= 15 is 0 Å². The van der Waals surface area contributed by atoms with E-state index < -0.39 is 22.9 Å². The predicted octanol–water partition coefficient (Wildman–Crippen LogP) is 5.31. The quantitative estimate of drug-likeness (QED) is 0.540. The van der Waals surface area contributed by atoms with Gasteiger partial charge in [-0.2, -0.15) is 0 Å². The highest BCUT2D eigenvalue weighted by molar-refractivity contribution is 6.30. The van der Waals surface area contributed by atoms with Crippen molar-refractivity contribution in [2.75, 3.05) is 13.1 Å². The molecule has 2 aliphatic rings. The summed E-state index contributed by atoms with van der Waals surface area (Å²) < 4.78 is 0. The molecule has 4 atom stereocenters. The number of aliphatic hydroxyl groups is 1. The van der Waals surface area contributed by atoms with E-state index in [9.17, 15) is 15.0 Å². The van der Waals surface area contributed by atoms with Gasteiger partial charge in [-0.05, 0) is 41.7 Å². The molecular weight excluding hydrogens is 434 g/mol. The van der Waals surface area contributed by atoms with Gasteiger partial charge >= 0.3 is 5.97 Å². The van der Waals surface area contributed by atoms with E-state index in [1.165, 1.54) is 0 Å². The first-order valence-electron chi connectivity index (χ1n) is 11.5. The van der Waals surface area contributed by atoms with Crippen molar-refractivity contribution in [2.45, 2.75) is 30.9 Å². The van der Waals surface area contributed by atoms with Gasteiger partial charge in [0.1, 0.15) is 0 Å². The fraction of sp³-hybridized carbons (Fsp3) is 0.321. The minimum Gasteiger partial charge on any atom is -0.481 e. The molecule has 1 aliphatic heterocycles. The number of nitrogens with zero attached hydrogens (tertiary/aromatic N) is 1. The molecule has 4 unspecified atom stereocenters. The number of likely N-dealkylation sites (tertiary alicyclic amines) is 1. The van der Waals surface area contributed by atoms with Crippen molar-refractivity contribution in [1.82, 2.24) is 4.90 Å². The van der Waals surface area contributed by atoms with Crippen LogP contribution in [0.1, 0.15) is 35.4 Å². The van der Waals surface area contributed by atoms with Crippen LogP contribution >= 0.6 is 11.6 Å². The summed E-state index contributed by atoms with van der Waals surface area (Å²) in [6, 6.07) is 27.3. The second-order valence-corrected chi connectivity index (χ2v) is 9.93. The van der Waals surface area contributed by atoms with Crippen molar-refractivity contribution in [2.24, 2.45) is 11.3 Å². The Hall–Kier alpha value is -2.66. The zero-order valence-corrected chi connectivity index (χ0v) is 19.2. The van der Waals surface area contributed by atoms with Gasteiger partial charge < -0.3 is 10.2 Å². The number of rotatable bonds is 5. The van der Waals surface area contributed by atoms with Crippen LogP contribution in [0.4, 0.5) is 0 Å². The third-order valence-corrected chi connectivity index (χ3v) is 7.97. The van der Waals surface area contributed by atoms with E-state index in [1.807, 2.05) is 60.7 Å². The van der Waals surface area contributed by atoms with E-state index in [4.69, 9.17) is 11.6 Å². The van der Waals surface area contributed by atoms with Crippen LogP contribution in [0.3, 0.4) is 0 Å². The summed E-state index contributed by atoms with van der Waals surface area (Å²) >= 11 is 6.29. The first-order chi connectivity index (χ1) is 15.9. The number of fused-ring (bicyclic) bond motifs is 1. The van der Waals surface area contributed by atoms with Crippen molar-refractivity contribution < 1.29 is 15.0 Å². The first-order valence-corrected chi connectivity index (χ1v) is 11.8. The highest BCUT2D eigenvalue weighted by atomic mass is 35.5. The lowest BCUT2D eigenvalue weighted by Gasteiger charge is -2.51. The van der Waals surface area contributed by atoms with Crippen molar-refractivity contribution >= 4 is 17.6 Å². The molecule has 5 rings (SSSR count). The Kier molecular flexibility index (Phi) is 5.77. The highest BCUT2D eigenvalue weighted by Crippen LogP contribution is 2.61. The Balaban J connectivity index is 1.61. The molecule has 3 aromatic carbocycles. The molecule has 1 saturated heterocycles. The summed E-state index contributed by atoms with van der Waals surface area (Å²) in [5, 5.41) is 23.5. The van der Waals surface area contributed by atoms with Gasteiger partial charge in [0, 0.05) is 36.5 Å². The summed E-state index contributed by atoms with van der Waals surface area (Å²) in [7, 11) is 0. The minimum absolute atomic E-state index is 0.179. The number of hydrogen-bond acceptors (Lipinski definition) is 3. The van der Waals surface area contributed by atoms with Gasteiger partial charge in [-0.1, -0.05) is 84.4 Å². The van der Waals surface area contributed by atoms with E-state index in [2.05, 4.69) is 17.0 Å². The molecule has 0 aromatic heterocycles. The summed E-state index contributed by atoms with van der Waals surface area (Å²) in [6.45, 7) is 1.55. The Labute approximate surface area is 199 Å². The molecule has 1 saturated carbocycles. The SMILES string of the molecule is O=C(O)C12CN(Cc3ccccc3)CC1C(O)(c1cccc(Cl)c1)CCC2c1ccccc1. The van der Waals surface area contributed by atoms with Crippen LogP contribution in [0.2, 0.25) is 5.02 Å². The number of halogens is 1. The lowest BCUT2D eigenvalue weighted by Crippen LogP contribution is -2.56. The molecule has 0 bridgehead atoms. The molecule has 33 heavy (non-hydrogen) atoms. The Bertz CT molecular complexity index is 1140. The van der Waals surface area contributed by atoms with Crippen molar-refractivity contribution in [3.8, 4) is 0 Å². The summed E-state index contributed by atoms with van der Waals surface area (Å²) in [4.78, 5) is 15.4. The fourth-order valence-electron chi connectivity index (χ4n) is 6.27. The normalized spacial score (nSPS) is 29.5. The van der Waals surface area contributed by atoms with E-state index in [0.717, 1.165) is 11.1 Å². The zero-order chi connectivity index (χ0) is 23.1. The van der Waals surface area contributed by atoms with Crippen LogP contribution in [-0.4, -0.2) is 34.2 Å². The third kappa shape index (κ3) is 3.76. The third-order valence-electron chi connectivity index (χ3n) is 7.73. The second kappa shape index (κ2) is 8.60. The average Bonchev–Trinajstić information content (AvgIpc) is 3.22. The zero-order valence-electron chi connectivity index (χ0n) is 18.4. The summed E-state index contributed by atoms with van der Waals surface area (Å²) in [6.07, 6.45) is 1.08. The molecule has 5 heteroatoms. The fourth-order valence-corrected chi connectivity index (χ4v) is 6.46. The van der Waals surface area contributed by atoms with Gasteiger partial charge in [-0.25, -0.2) is 0 Å². The first kappa shape index (κ1) is 22.1.